The van der Waals surface area contributed by atoms with Crippen molar-refractivity contribution in [2.24, 2.45) is 0 Å². The lowest BCUT2D eigenvalue weighted by atomic mass is 10.1. The molecule has 2 aromatic rings. The van der Waals surface area contributed by atoms with Gasteiger partial charge in [0.1, 0.15) is 11.4 Å². The third-order valence-electron chi connectivity index (χ3n) is 3.43. The van der Waals surface area contributed by atoms with Gasteiger partial charge in [0.25, 0.3) is 11.6 Å². The Hall–Kier alpha value is -3.40. The highest BCUT2D eigenvalue weighted by Gasteiger charge is 2.19. The maximum absolute atomic E-state index is 12.0. The van der Waals surface area contributed by atoms with Crippen LogP contribution in [0.2, 0.25) is 0 Å². The van der Waals surface area contributed by atoms with Gasteiger partial charge in [0.2, 0.25) is 0 Å². The Morgan fingerprint density at radius 3 is 2.78 bits per heavy atom. The molecule has 0 unspecified atom stereocenters. The standard InChI is InChI=1S/C17H19N3O7/c1-25-8-6-18-14-5-4-12(9-15(14)20(23)24)17(22)27-11-16(21)19-10-13-3-2-7-26-13/h2-5,7,9,18H,6,8,10-11H2,1H3,(H,19,21). The number of amides is 1. The molecule has 0 saturated carbocycles. The first-order valence-corrected chi connectivity index (χ1v) is 7.98. The summed E-state index contributed by atoms with van der Waals surface area (Å²) in [6.45, 7) is 0.392. The summed E-state index contributed by atoms with van der Waals surface area (Å²) in [5.41, 5.74) is -0.0505. The van der Waals surface area contributed by atoms with E-state index in [4.69, 9.17) is 13.9 Å². The Balaban J connectivity index is 1.91. The highest BCUT2D eigenvalue weighted by Crippen LogP contribution is 2.25. The van der Waals surface area contributed by atoms with Crippen LogP contribution in [0.15, 0.2) is 41.0 Å². The molecule has 10 heteroatoms. The van der Waals surface area contributed by atoms with Crippen LogP contribution in [0.4, 0.5) is 11.4 Å². The number of nitrogens with zero attached hydrogens (tertiary/aromatic N) is 1. The van der Waals surface area contributed by atoms with Crippen LogP contribution in [0.1, 0.15) is 16.1 Å². The lowest BCUT2D eigenvalue weighted by Gasteiger charge is -2.09. The van der Waals surface area contributed by atoms with Crippen LogP contribution in [0.3, 0.4) is 0 Å². The first kappa shape index (κ1) is 19.9. The number of nitro groups is 1. The van der Waals surface area contributed by atoms with E-state index in [2.05, 4.69) is 10.6 Å². The number of nitro benzene ring substituents is 1. The highest BCUT2D eigenvalue weighted by atomic mass is 16.6. The van der Waals surface area contributed by atoms with Crippen molar-refractivity contribution in [1.82, 2.24) is 5.32 Å². The van der Waals surface area contributed by atoms with Crippen molar-refractivity contribution in [1.29, 1.82) is 0 Å². The fraction of sp³-hybridized carbons (Fsp3) is 0.294. The van der Waals surface area contributed by atoms with Crippen LogP contribution >= 0.6 is 0 Å². The fourth-order valence-corrected chi connectivity index (χ4v) is 2.11. The third kappa shape index (κ3) is 6.12. The van der Waals surface area contributed by atoms with Crippen LogP contribution in [0.5, 0.6) is 0 Å². The molecule has 0 aliphatic rings. The Labute approximate surface area is 154 Å². The van der Waals surface area contributed by atoms with Gasteiger partial charge in [0, 0.05) is 19.7 Å². The molecular formula is C17H19N3O7. The Kier molecular flexibility index (Phi) is 7.32. The molecule has 1 aromatic carbocycles. The second-order valence-electron chi connectivity index (χ2n) is 5.34. The number of anilines is 1. The van der Waals surface area contributed by atoms with Gasteiger partial charge >= 0.3 is 5.97 Å². The minimum absolute atomic E-state index is 0.0298. The van der Waals surface area contributed by atoms with E-state index in [1.54, 1.807) is 12.1 Å². The smallest absolute Gasteiger partial charge is 0.338 e. The van der Waals surface area contributed by atoms with E-state index in [-0.39, 0.29) is 23.5 Å². The monoisotopic (exact) mass is 377 g/mol. The van der Waals surface area contributed by atoms with Crippen molar-refractivity contribution in [3.8, 4) is 0 Å². The second-order valence-corrected chi connectivity index (χ2v) is 5.34. The van der Waals surface area contributed by atoms with E-state index in [0.29, 0.717) is 18.9 Å². The summed E-state index contributed by atoms with van der Waals surface area (Å²) in [5, 5.41) is 16.6. The molecule has 1 amide bonds. The van der Waals surface area contributed by atoms with Crippen molar-refractivity contribution >= 4 is 23.3 Å². The molecule has 2 rings (SSSR count). The molecule has 0 saturated heterocycles. The Morgan fingerprint density at radius 2 is 2.11 bits per heavy atom. The first-order valence-electron chi connectivity index (χ1n) is 7.98. The molecule has 0 spiro atoms. The van der Waals surface area contributed by atoms with Crippen molar-refractivity contribution in [3.63, 3.8) is 0 Å². The molecule has 2 N–H and O–H groups in total. The summed E-state index contributed by atoms with van der Waals surface area (Å²) in [6.07, 6.45) is 1.47. The number of nitrogens with one attached hydrogen (secondary N) is 2. The van der Waals surface area contributed by atoms with Gasteiger partial charge in [0.15, 0.2) is 6.61 Å². The van der Waals surface area contributed by atoms with Gasteiger partial charge in [-0.05, 0) is 24.3 Å². The normalized spacial score (nSPS) is 10.3. The number of ether oxygens (including phenoxy) is 2. The average molecular weight is 377 g/mol. The minimum atomic E-state index is -0.838. The number of hydrogen-bond donors (Lipinski definition) is 2. The minimum Gasteiger partial charge on any atom is -0.467 e. The summed E-state index contributed by atoms with van der Waals surface area (Å²) in [4.78, 5) is 34.3. The molecule has 10 nitrogen and oxygen atoms in total. The van der Waals surface area contributed by atoms with Crippen molar-refractivity contribution in [2.45, 2.75) is 6.54 Å². The van der Waals surface area contributed by atoms with E-state index >= 15 is 0 Å². The Bertz CT molecular complexity index is 790. The summed E-state index contributed by atoms with van der Waals surface area (Å²) < 4.78 is 14.8. The largest absolute Gasteiger partial charge is 0.467 e. The highest BCUT2D eigenvalue weighted by molar-refractivity contribution is 5.93. The van der Waals surface area contributed by atoms with E-state index in [1.165, 1.54) is 25.5 Å². The summed E-state index contributed by atoms with van der Waals surface area (Å²) >= 11 is 0. The number of carbonyl (C=O) groups excluding carboxylic acids is 2. The van der Waals surface area contributed by atoms with E-state index in [0.717, 1.165) is 6.07 Å². The third-order valence-corrected chi connectivity index (χ3v) is 3.43. The van der Waals surface area contributed by atoms with Crippen LogP contribution in [0.25, 0.3) is 0 Å². The van der Waals surface area contributed by atoms with Crippen LogP contribution in [0, 0.1) is 10.1 Å². The molecular weight excluding hydrogens is 358 g/mol. The number of rotatable bonds is 10. The zero-order valence-corrected chi connectivity index (χ0v) is 14.6. The number of benzene rings is 1. The average Bonchev–Trinajstić information content (AvgIpc) is 3.18. The van der Waals surface area contributed by atoms with E-state index in [9.17, 15) is 19.7 Å². The predicted octanol–water partition coefficient (Wildman–Crippen LogP) is 1.72. The maximum atomic E-state index is 12.0. The molecule has 0 aliphatic carbocycles. The van der Waals surface area contributed by atoms with Crippen molar-refractivity contribution in [3.05, 3.63) is 58.0 Å². The van der Waals surface area contributed by atoms with Crippen LogP contribution in [-0.2, 0) is 20.8 Å². The Morgan fingerprint density at radius 1 is 1.30 bits per heavy atom. The summed E-state index contributed by atoms with van der Waals surface area (Å²) in [5.74, 6) is -0.802. The topological polar surface area (TPSA) is 133 Å². The van der Waals surface area contributed by atoms with Gasteiger partial charge in [-0.3, -0.25) is 14.9 Å². The lowest BCUT2D eigenvalue weighted by Crippen LogP contribution is -2.28. The molecule has 1 heterocycles. The van der Waals surface area contributed by atoms with Gasteiger partial charge < -0.3 is 24.5 Å². The molecule has 0 atom stereocenters. The quantitative estimate of drug-likeness (QED) is 0.277. The van der Waals surface area contributed by atoms with Gasteiger partial charge in [-0.1, -0.05) is 0 Å². The fourth-order valence-electron chi connectivity index (χ4n) is 2.11. The zero-order chi connectivity index (χ0) is 19.6. The molecule has 27 heavy (non-hydrogen) atoms. The van der Waals surface area contributed by atoms with Gasteiger partial charge in [-0.2, -0.15) is 0 Å². The molecule has 0 aliphatic heterocycles. The number of furan rings is 1. The maximum Gasteiger partial charge on any atom is 0.338 e. The van der Waals surface area contributed by atoms with E-state index in [1.807, 2.05) is 0 Å². The number of carbonyl (C=O) groups is 2. The SMILES string of the molecule is COCCNc1ccc(C(=O)OCC(=O)NCc2ccco2)cc1[N+](=O)[O-]. The second kappa shape index (κ2) is 9.92. The summed E-state index contributed by atoms with van der Waals surface area (Å²) in [6, 6.07) is 7.25. The van der Waals surface area contributed by atoms with Crippen molar-refractivity contribution < 1.29 is 28.4 Å². The molecule has 0 bridgehead atoms. The summed E-state index contributed by atoms with van der Waals surface area (Å²) in [7, 11) is 1.51. The van der Waals surface area contributed by atoms with Gasteiger partial charge in [-0.25, -0.2) is 4.79 Å². The van der Waals surface area contributed by atoms with E-state index < -0.39 is 23.4 Å². The molecule has 1 aromatic heterocycles. The number of esters is 1. The zero-order valence-electron chi connectivity index (χ0n) is 14.6. The number of methoxy groups -OCH3 is 1. The molecule has 0 fully saturated rings. The van der Waals surface area contributed by atoms with Gasteiger partial charge in [-0.15, -0.1) is 0 Å². The van der Waals surface area contributed by atoms with Crippen LogP contribution < -0.4 is 10.6 Å². The molecule has 0 radical (unpaired) electrons. The first-order chi connectivity index (χ1) is 13.0. The van der Waals surface area contributed by atoms with Crippen molar-refractivity contribution in [2.75, 3.05) is 32.2 Å². The molecule has 144 valence electrons. The van der Waals surface area contributed by atoms with Gasteiger partial charge in [0.05, 0.1) is 29.9 Å². The number of hydrogen-bond acceptors (Lipinski definition) is 8. The predicted molar refractivity (Wildman–Crippen MR) is 94.3 cm³/mol. The van der Waals surface area contributed by atoms with Crippen LogP contribution in [-0.4, -0.2) is 43.7 Å². The lowest BCUT2D eigenvalue weighted by molar-refractivity contribution is -0.384.